The highest BCUT2D eigenvalue weighted by molar-refractivity contribution is 5.96. The Bertz CT molecular complexity index is 877. The fraction of sp³-hybridized carbons (Fsp3) is 0.476. The largest absolute Gasteiger partial charge is 0.340 e. The third-order valence-corrected chi connectivity index (χ3v) is 5.31. The summed E-state index contributed by atoms with van der Waals surface area (Å²) in [5.74, 6) is -0.230. The zero-order chi connectivity index (χ0) is 20.3. The van der Waals surface area contributed by atoms with E-state index in [1.165, 1.54) is 13.0 Å². The molecule has 0 saturated carbocycles. The summed E-state index contributed by atoms with van der Waals surface area (Å²) in [7, 11) is 0. The molecule has 150 valence electrons. The number of ketones is 1. The van der Waals surface area contributed by atoms with Crippen molar-refractivity contribution in [1.29, 1.82) is 0 Å². The lowest BCUT2D eigenvalue weighted by Gasteiger charge is -2.22. The zero-order valence-corrected chi connectivity index (χ0v) is 16.7. The van der Waals surface area contributed by atoms with Crippen LogP contribution >= 0.6 is 0 Å². The van der Waals surface area contributed by atoms with Gasteiger partial charge >= 0.3 is 0 Å². The number of rotatable bonds is 5. The molecule has 1 aromatic carbocycles. The van der Waals surface area contributed by atoms with Gasteiger partial charge in [0.15, 0.2) is 5.78 Å². The number of benzene rings is 1. The van der Waals surface area contributed by atoms with Crippen LogP contribution in [-0.2, 0) is 17.9 Å². The van der Waals surface area contributed by atoms with Crippen molar-refractivity contribution in [2.45, 2.75) is 40.3 Å². The Kier molecular flexibility index (Phi) is 6.24. The van der Waals surface area contributed by atoms with Crippen LogP contribution in [-0.4, -0.2) is 57.4 Å². The van der Waals surface area contributed by atoms with Gasteiger partial charge in [-0.25, -0.2) is 4.39 Å². The first kappa shape index (κ1) is 20.2. The molecule has 1 fully saturated rings. The van der Waals surface area contributed by atoms with E-state index < -0.39 is 0 Å². The van der Waals surface area contributed by atoms with Gasteiger partial charge in [-0.3, -0.25) is 19.2 Å². The molecule has 2 aromatic rings. The molecule has 1 aromatic heterocycles. The van der Waals surface area contributed by atoms with E-state index >= 15 is 0 Å². The molecule has 1 aliphatic rings. The first-order chi connectivity index (χ1) is 13.4. The van der Waals surface area contributed by atoms with Gasteiger partial charge in [-0.05, 0) is 33.3 Å². The topological polar surface area (TPSA) is 58.4 Å². The lowest BCUT2D eigenvalue weighted by atomic mass is 10.1. The molecule has 0 N–H and O–H groups in total. The molecule has 0 aliphatic carbocycles. The van der Waals surface area contributed by atoms with Crippen LogP contribution in [0.5, 0.6) is 0 Å². The number of halogens is 1. The summed E-state index contributed by atoms with van der Waals surface area (Å²) in [5.41, 5.74) is 2.67. The van der Waals surface area contributed by atoms with Gasteiger partial charge in [-0.1, -0.05) is 18.2 Å². The van der Waals surface area contributed by atoms with Crippen molar-refractivity contribution < 1.29 is 14.0 Å². The van der Waals surface area contributed by atoms with E-state index in [4.69, 9.17) is 0 Å². The number of hydrogen-bond donors (Lipinski definition) is 0. The lowest BCUT2D eigenvalue weighted by Crippen LogP contribution is -2.37. The summed E-state index contributed by atoms with van der Waals surface area (Å²) in [6.45, 7) is 8.61. The molecule has 2 heterocycles. The number of nitrogens with zero attached hydrogens (tertiary/aromatic N) is 4. The SMILES string of the molecule is CC(=O)c1c(C)nn(CC(=O)N2CCCN(Cc3ccccc3F)CC2)c1C. The minimum Gasteiger partial charge on any atom is -0.340 e. The summed E-state index contributed by atoms with van der Waals surface area (Å²) in [6.07, 6.45) is 0.843. The maximum Gasteiger partial charge on any atom is 0.244 e. The smallest absolute Gasteiger partial charge is 0.244 e. The van der Waals surface area contributed by atoms with Crippen molar-refractivity contribution in [2.75, 3.05) is 26.2 Å². The highest BCUT2D eigenvalue weighted by atomic mass is 19.1. The zero-order valence-electron chi connectivity index (χ0n) is 16.7. The van der Waals surface area contributed by atoms with Gasteiger partial charge in [0.25, 0.3) is 0 Å². The Balaban J connectivity index is 1.61. The molecule has 28 heavy (non-hydrogen) atoms. The molecular weight excluding hydrogens is 359 g/mol. The molecule has 7 heteroatoms. The van der Waals surface area contributed by atoms with E-state index in [9.17, 15) is 14.0 Å². The van der Waals surface area contributed by atoms with Crippen molar-refractivity contribution in [2.24, 2.45) is 0 Å². The van der Waals surface area contributed by atoms with Gasteiger partial charge in [0, 0.05) is 44.0 Å². The molecule has 0 spiro atoms. The molecule has 1 amide bonds. The van der Waals surface area contributed by atoms with Crippen LogP contribution in [0.2, 0.25) is 0 Å². The molecular formula is C21H27FN4O2. The quantitative estimate of drug-likeness (QED) is 0.741. The van der Waals surface area contributed by atoms with Gasteiger partial charge in [0.1, 0.15) is 12.4 Å². The van der Waals surface area contributed by atoms with Gasteiger partial charge in [-0.15, -0.1) is 0 Å². The lowest BCUT2D eigenvalue weighted by molar-refractivity contribution is -0.131. The average Bonchev–Trinajstić information content (AvgIpc) is 2.81. The summed E-state index contributed by atoms with van der Waals surface area (Å²) in [6, 6.07) is 6.82. The second kappa shape index (κ2) is 8.65. The minimum atomic E-state index is -0.189. The summed E-state index contributed by atoms with van der Waals surface area (Å²) in [5, 5.41) is 4.37. The third-order valence-electron chi connectivity index (χ3n) is 5.31. The van der Waals surface area contributed by atoms with Crippen LogP contribution in [0.15, 0.2) is 24.3 Å². The maximum atomic E-state index is 13.9. The average molecular weight is 386 g/mol. The van der Waals surface area contributed by atoms with E-state index in [0.29, 0.717) is 43.0 Å². The van der Waals surface area contributed by atoms with E-state index in [1.54, 1.807) is 23.7 Å². The third kappa shape index (κ3) is 4.47. The van der Waals surface area contributed by atoms with Gasteiger partial charge in [-0.2, -0.15) is 5.10 Å². The normalized spacial score (nSPS) is 15.5. The summed E-state index contributed by atoms with van der Waals surface area (Å²) < 4.78 is 15.5. The fourth-order valence-corrected chi connectivity index (χ4v) is 3.83. The number of Topliss-reactive ketones (excluding diaryl/α,β-unsaturated/α-hetero) is 1. The van der Waals surface area contributed by atoms with Crippen LogP contribution in [0.1, 0.15) is 40.7 Å². The standard InChI is InChI=1S/C21H27FN4O2/c1-15-21(17(3)27)16(2)26(23-15)14-20(28)25-10-6-9-24(11-12-25)13-18-7-4-5-8-19(18)22/h4-5,7-8H,6,9-14H2,1-3H3. The maximum absolute atomic E-state index is 13.9. The predicted octanol–water partition coefficient (Wildman–Crippen LogP) is 2.58. The van der Waals surface area contributed by atoms with Crippen molar-refractivity contribution in [3.63, 3.8) is 0 Å². The number of aryl methyl sites for hydroxylation is 1. The molecule has 6 nitrogen and oxygen atoms in total. The number of amides is 1. The number of carbonyl (C=O) groups is 2. The van der Waals surface area contributed by atoms with E-state index in [0.717, 1.165) is 18.7 Å². The number of carbonyl (C=O) groups excluding carboxylic acids is 2. The van der Waals surface area contributed by atoms with Crippen molar-refractivity contribution in [3.8, 4) is 0 Å². The molecule has 0 bridgehead atoms. The second-order valence-electron chi connectivity index (χ2n) is 7.36. The fourth-order valence-electron chi connectivity index (χ4n) is 3.83. The van der Waals surface area contributed by atoms with Crippen molar-refractivity contribution in [1.82, 2.24) is 19.6 Å². The van der Waals surface area contributed by atoms with Crippen LogP contribution in [0.3, 0.4) is 0 Å². The van der Waals surface area contributed by atoms with E-state index in [1.807, 2.05) is 17.9 Å². The van der Waals surface area contributed by atoms with Gasteiger partial charge < -0.3 is 4.90 Å². The number of hydrogen-bond acceptors (Lipinski definition) is 4. The van der Waals surface area contributed by atoms with Crippen LogP contribution < -0.4 is 0 Å². The highest BCUT2D eigenvalue weighted by Gasteiger charge is 2.22. The molecule has 0 unspecified atom stereocenters. The first-order valence-corrected chi connectivity index (χ1v) is 9.65. The highest BCUT2D eigenvalue weighted by Crippen LogP contribution is 2.15. The summed E-state index contributed by atoms with van der Waals surface area (Å²) in [4.78, 5) is 28.6. The number of aromatic nitrogens is 2. The van der Waals surface area contributed by atoms with Crippen molar-refractivity contribution >= 4 is 11.7 Å². The second-order valence-corrected chi connectivity index (χ2v) is 7.36. The molecule has 3 rings (SSSR count). The Hall–Kier alpha value is -2.54. The van der Waals surface area contributed by atoms with Crippen molar-refractivity contribution in [3.05, 3.63) is 52.6 Å². The Labute approximate surface area is 164 Å². The Morgan fingerprint density at radius 1 is 1.11 bits per heavy atom. The van der Waals surface area contributed by atoms with E-state index in [2.05, 4.69) is 10.00 Å². The van der Waals surface area contributed by atoms with Gasteiger partial charge in [0.05, 0.1) is 11.3 Å². The van der Waals surface area contributed by atoms with Crippen LogP contribution in [0.25, 0.3) is 0 Å². The predicted molar refractivity (Wildman–Crippen MR) is 105 cm³/mol. The first-order valence-electron chi connectivity index (χ1n) is 9.65. The monoisotopic (exact) mass is 386 g/mol. The van der Waals surface area contributed by atoms with Crippen LogP contribution in [0, 0.1) is 19.7 Å². The summed E-state index contributed by atoms with van der Waals surface area (Å²) >= 11 is 0. The Morgan fingerprint density at radius 3 is 2.54 bits per heavy atom. The molecule has 1 aliphatic heterocycles. The molecule has 0 atom stereocenters. The van der Waals surface area contributed by atoms with Crippen LogP contribution in [0.4, 0.5) is 4.39 Å². The minimum absolute atomic E-state index is 0.00607. The molecule has 0 radical (unpaired) electrons. The van der Waals surface area contributed by atoms with Gasteiger partial charge in [0.2, 0.25) is 5.91 Å². The molecule has 1 saturated heterocycles. The van der Waals surface area contributed by atoms with E-state index in [-0.39, 0.29) is 24.1 Å². The Morgan fingerprint density at radius 2 is 1.86 bits per heavy atom.